The molecule has 2 N–H and O–H groups in total. The number of piperazine rings is 1. The molecule has 2 aromatic rings. The van der Waals surface area contributed by atoms with Crippen molar-refractivity contribution in [3.8, 4) is 0 Å². The molecule has 3 rings (SSSR count). The van der Waals surface area contributed by atoms with Crippen molar-refractivity contribution in [2.24, 2.45) is 0 Å². The fraction of sp³-hybridized carbons (Fsp3) is 0.318. The number of rotatable bonds is 5. The van der Waals surface area contributed by atoms with Gasteiger partial charge in [0.1, 0.15) is 0 Å². The van der Waals surface area contributed by atoms with Crippen LogP contribution < -0.4 is 10.6 Å². The lowest BCUT2D eigenvalue weighted by molar-refractivity contribution is -0.137. The molecular weight excluding hydrogens is 425 g/mol. The Bertz CT molecular complexity index is 1000. The van der Waals surface area contributed by atoms with Gasteiger partial charge in [0.2, 0.25) is 11.8 Å². The molecule has 170 valence electrons. The Morgan fingerprint density at radius 3 is 2.16 bits per heavy atom. The highest BCUT2D eigenvalue weighted by Gasteiger charge is 2.30. The molecule has 7 nitrogen and oxygen atoms in total. The van der Waals surface area contributed by atoms with E-state index in [4.69, 9.17) is 0 Å². The predicted octanol–water partition coefficient (Wildman–Crippen LogP) is 3.06. The minimum atomic E-state index is -4.51. The van der Waals surface area contributed by atoms with Crippen LogP contribution in [-0.2, 0) is 15.8 Å². The van der Waals surface area contributed by atoms with Crippen molar-refractivity contribution in [2.75, 3.05) is 43.4 Å². The van der Waals surface area contributed by atoms with Crippen molar-refractivity contribution in [3.63, 3.8) is 0 Å². The number of hydrogen-bond acceptors (Lipinski definition) is 4. The maximum atomic E-state index is 12.9. The van der Waals surface area contributed by atoms with Crippen LogP contribution in [0.25, 0.3) is 0 Å². The molecule has 1 saturated heterocycles. The summed E-state index contributed by atoms with van der Waals surface area (Å²) in [6.45, 7) is 3.96. The number of carbonyl (C=O) groups is 3. The minimum Gasteiger partial charge on any atom is -0.340 e. The Kier molecular flexibility index (Phi) is 7.14. The van der Waals surface area contributed by atoms with Gasteiger partial charge in [-0.25, -0.2) is 0 Å². The quantitative estimate of drug-likeness (QED) is 0.737. The van der Waals surface area contributed by atoms with E-state index in [1.165, 1.54) is 31.2 Å². The first-order valence-corrected chi connectivity index (χ1v) is 9.98. The molecule has 1 fully saturated rings. The van der Waals surface area contributed by atoms with Gasteiger partial charge in [-0.1, -0.05) is 12.1 Å². The van der Waals surface area contributed by atoms with Gasteiger partial charge in [0, 0.05) is 50.0 Å². The average molecular weight is 448 g/mol. The third-order valence-corrected chi connectivity index (χ3v) is 5.04. The molecular formula is C22H23F3N4O3. The summed E-state index contributed by atoms with van der Waals surface area (Å²) in [5.41, 5.74) is -0.256. The second-order valence-electron chi connectivity index (χ2n) is 7.44. The lowest BCUT2D eigenvalue weighted by atomic mass is 10.1. The first-order chi connectivity index (χ1) is 15.1. The molecule has 0 saturated carbocycles. The molecule has 1 aliphatic rings. The lowest BCUT2D eigenvalue weighted by Gasteiger charge is -2.33. The number of carbonyl (C=O) groups excluding carboxylic acids is 3. The van der Waals surface area contributed by atoms with Gasteiger partial charge < -0.3 is 15.5 Å². The summed E-state index contributed by atoms with van der Waals surface area (Å²) in [4.78, 5) is 39.9. The molecule has 3 amide bonds. The predicted molar refractivity (Wildman–Crippen MR) is 113 cm³/mol. The second-order valence-corrected chi connectivity index (χ2v) is 7.44. The Hall–Kier alpha value is -3.40. The van der Waals surface area contributed by atoms with E-state index in [2.05, 4.69) is 10.6 Å². The second kappa shape index (κ2) is 9.82. The maximum Gasteiger partial charge on any atom is 0.416 e. The summed E-state index contributed by atoms with van der Waals surface area (Å²) in [5, 5.41) is 5.16. The number of benzene rings is 2. The molecule has 0 aromatic heterocycles. The van der Waals surface area contributed by atoms with E-state index in [0.717, 1.165) is 12.1 Å². The molecule has 0 radical (unpaired) electrons. The largest absolute Gasteiger partial charge is 0.416 e. The molecule has 10 heteroatoms. The zero-order valence-electron chi connectivity index (χ0n) is 17.4. The van der Waals surface area contributed by atoms with Crippen LogP contribution in [0.4, 0.5) is 24.5 Å². The van der Waals surface area contributed by atoms with Gasteiger partial charge in [-0.3, -0.25) is 19.3 Å². The Labute approximate surface area is 183 Å². The van der Waals surface area contributed by atoms with E-state index >= 15 is 0 Å². The minimum absolute atomic E-state index is 0.00864. The van der Waals surface area contributed by atoms with Gasteiger partial charge in [0.25, 0.3) is 5.91 Å². The topological polar surface area (TPSA) is 81.8 Å². The van der Waals surface area contributed by atoms with Crippen LogP contribution in [-0.4, -0.2) is 60.2 Å². The fourth-order valence-corrected chi connectivity index (χ4v) is 3.34. The standard InChI is InChI=1S/C22H23F3N4O3/c1-15(30)29-10-8-28(9-11-29)14-20(31)26-18-6-2-4-16(12-18)21(32)27-19-7-3-5-17(13-19)22(23,24)25/h2-7,12-13H,8-11,14H2,1H3,(H,26,31)(H,27,32). The molecule has 0 aliphatic carbocycles. The monoisotopic (exact) mass is 448 g/mol. The van der Waals surface area contributed by atoms with Crippen molar-refractivity contribution >= 4 is 29.1 Å². The van der Waals surface area contributed by atoms with Crippen LogP contribution in [0.5, 0.6) is 0 Å². The maximum absolute atomic E-state index is 12.9. The normalized spacial score (nSPS) is 14.7. The van der Waals surface area contributed by atoms with Crippen molar-refractivity contribution in [2.45, 2.75) is 13.1 Å². The Morgan fingerprint density at radius 1 is 0.906 bits per heavy atom. The van der Waals surface area contributed by atoms with Crippen molar-refractivity contribution in [1.29, 1.82) is 0 Å². The number of anilines is 2. The fourth-order valence-electron chi connectivity index (χ4n) is 3.34. The third kappa shape index (κ3) is 6.30. The highest BCUT2D eigenvalue weighted by atomic mass is 19.4. The SMILES string of the molecule is CC(=O)N1CCN(CC(=O)Nc2cccc(C(=O)Nc3cccc(C(F)(F)F)c3)c2)CC1. The number of hydrogen-bond donors (Lipinski definition) is 2. The number of halogens is 3. The summed E-state index contributed by atoms with van der Waals surface area (Å²) in [7, 11) is 0. The van der Waals surface area contributed by atoms with Gasteiger partial charge in [0.15, 0.2) is 0 Å². The Balaban J connectivity index is 1.57. The van der Waals surface area contributed by atoms with Gasteiger partial charge >= 0.3 is 6.18 Å². The van der Waals surface area contributed by atoms with Crippen LogP contribution >= 0.6 is 0 Å². The van der Waals surface area contributed by atoms with E-state index in [1.54, 1.807) is 17.0 Å². The molecule has 1 heterocycles. The molecule has 1 aliphatic heterocycles. The van der Waals surface area contributed by atoms with Crippen LogP contribution in [0.1, 0.15) is 22.8 Å². The molecule has 0 unspecified atom stereocenters. The molecule has 0 atom stereocenters. The van der Waals surface area contributed by atoms with Gasteiger partial charge in [-0.05, 0) is 36.4 Å². The molecule has 32 heavy (non-hydrogen) atoms. The summed E-state index contributed by atoms with van der Waals surface area (Å²) < 4.78 is 38.6. The zero-order valence-corrected chi connectivity index (χ0v) is 17.4. The molecule has 2 aromatic carbocycles. The summed E-state index contributed by atoms with van der Waals surface area (Å²) in [5.74, 6) is -0.855. The van der Waals surface area contributed by atoms with E-state index in [9.17, 15) is 27.6 Å². The van der Waals surface area contributed by atoms with Gasteiger partial charge in [-0.2, -0.15) is 13.2 Å². The van der Waals surface area contributed by atoms with Gasteiger partial charge in [0.05, 0.1) is 12.1 Å². The number of nitrogens with one attached hydrogen (secondary N) is 2. The summed E-state index contributed by atoms with van der Waals surface area (Å²) in [6.07, 6.45) is -4.51. The summed E-state index contributed by atoms with van der Waals surface area (Å²) in [6, 6.07) is 10.5. The number of amides is 3. The lowest BCUT2D eigenvalue weighted by Crippen LogP contribution is -2.49. The van der Waals surface area contributed by atoms with Crippen LogP contribution in [0, 0.1) is 0 Å². The third-order valence-electron chi connectivity index (χ3n) is 5.04. The average Bonchev–Trinajstić information content (AvgIpc) is 2.74. The van der Waals surface area contributed by atoms with Crippen LogP contribution in [0.2, 0.25) is 0 Å². The molecule has 0 bridgehead atoms. The zero-order chi connectivity index (χ0) is 23.3. The van der Waals surface area contributed by atoms with Crippen molar-refractivity contribution in [1.82, 2.24) is 9.80 Å². The summed E-state index contributed by atoms with van der Waals surface area (Å²) >= 11 is 0. The van der Waals surface area contributed by atoms with E-state index in [1.807, 2.05) is 4.90 Å². The van der Waals surface area contributed by atoms with Gasteiger partial charge in [-0.15, -0.1) is 0 Å². The highest BCUT2D eigenvalue weighted by molar-refractivity contribution is 6.05. The number of alkyl halides is 3. The Morgan fingerprint density at radius 2 is 1.53 bits per heavy atom. The van der Waals surface area contributed by atoms with Crippen LogP contribution in [0.15, 0.2) is 48.5 Å². The first-order valence-electron chi connectivity index (χ1n) is 9.98. The molecule has 0 spiro atoms. The number of nitrogens with zero attached hydrogens (tertiary/aromatic N) is 2. The highest BCUT2D eigenvalue weighted by Crippen LogP contribution is 2.30. The van der Waals surface area contributed by atoms with Crippen LogP contribution in [0.3, 0.4) is 0 Å². The van der Waals surface area contributed by atoms with E-state index in [-0.39, 0.29) is 29.6 Å². The van der Waals surface area contributed by atoms with Crippen molar-refractivity contribution < 1.29 is 27.6 Å². The van der Waals surface area contributed by atoms with Crippen molar-refractivity contribution in [3.05, 3.63) is 59.7 Å². The van der Waals surface area contributed by atoms with E-state index in [0.29, 0.717) is 31.9 Å². The smallest absolute Gasteiger partial charge is 0.340 e. The first kappa shape index (κ1) is 23.3. The van der Waals surface area contributed by atoms with E-state index < -0.39 is 17.6 Å².